The summed E-state index contributed by atoms with van der Waals surface area (Å²) in [5.41, 5.74) is 4.08. The van der Waals surface area contributed by atoms with Crippen LogP contribution in [0.3, 0.4) is 0 Å². The average molecular weight is 186 g/mol. The third-order valence-electron chi connectivity index (χ3n) is 1.86. The Kier molecular flexibility index (Phi) is 6.86. The molecule has 0 saturated heterocycles. The molecule has 3 N–H and O–H groups in total. The maximum absolute atomic E-state index is 5.43. The molecular formula is C10H22N2O. The molecule has 3 heteroatoms. The number of hydrogen-bond donors (Lipinski definition) is 2. The number of hydrazine groups is 1. The van der Waals surface area contributed by atoms with Crippen LogP contribution in [0.5, 0.6) is 0 Å². The Bertz CT molecular complexity index is 153. The van der Waals surface area contributed by atoms with Gasteiger partial charge in [-0.1, -0.05) is 18.6 Å². The summed E-state index contributed by atoms with van der Waals surface area (Å²) in [6.07, 6.45) is 3.15. The zero-order valence-corrected chi connectivity index (χ0v) is 9.13. The molecular weight excluding hydrogens is 164 g/mol. The number of rotatable bonds is 6. The van der Waals surface area contributed by atoms with Gasteiger partial charge in [0.2, 0.25) is 0 Å². The number of hydrogen-bond acceptors (Lipinski definition) is 3. The van der Waals surface area contributed by atoms with Gasteiger partial charge in [0.05, 0.1) is 0 Å². The molecule has 0 fully saturated rings. The minimum Gasteiger partial charge on any atom is -0.384 e. The molecule has 0 aliphatic heterocycles. The minimum atomic E-state index is 0.259. The average Bonchev–Trinajstić information content (AvgIpc) is 2.02. The van der Waals surface area contributed by atoms with E-state index in [4.69, 9.17) is 10.6 Å². The monoisotopic (exact) mass is 186 g/mol. The molecule has 0 heterocycles. The van der Waals surface area contributed by atoms with E-state index in [-0.39, 0.29) is 6.04 Å². The van der Waals surface area contributed by atoms with Crippen molar-refractivity contribution in [1.29, 1.82) is 0 Å². The molecule has 0 bridgehead atoms. The van der Waals surface area contributed by atoms with E-state index in [0.717, 1.165) is 13.0 Å². The van der Waals surface area contributed by atoms with Crippen LogP contribution in [0, 0.1) is 5.92 Å². The van der Waals surface area contributed by atoms with Crippen LogP contribution in [0.2, 0.25) is 0 Å². The standard InChI is InChI=1S/C10H22N2O/c1-8(2)5-10(12-11)6-9(3)7-13-4/h5,9-10,12H,6-7,11H2,1-4H3. The highest BCUT2D eigenvalue weighted by atomic mass is 16.5. The molecule has 0 spiro atoms. The largest absolute Gasteiger partial charge is 0.384 e. The first kappa shape index (κ1) is 12.6. The van der Waals surface area contributed by atoms with Gasteiger partial charge in [0.1, 0.15) is 0 Å². The Hall–Kier alpha value is -0.380. The summed E-state index contributed by atoms with van der Waals surface area (Å²) < 4.78 is 5.06. The third-order valence-corrected chi connectivity index (χ3v) is 1.86. The maximum Gasteiger partial charge on any atom is 0.0488 e. The molecule has 2 unspecified atom stereocenters. The fourth-order valence-electron chi connectivity index (χ4n) is 1.37. The molecule has 0 aliphatic carbocycles. The van der Waals surface area contributed by atoms with Gasteiger partial charge in [-0.3, -0.25) is 11.3 Å². The van der Waals surface area contributed by atoms with Crippen LogP contribution >= 0.6 is 0 Å². The summed E-state index contributed by atoms with van der Waals surface area (Å²) >= 11 is 0. The molecule has 13 heavy (non-hydrogen) atoms. The third kappa shape index (κ3) is 6.75. The lowest BCUT2D eigenvalue weighted by Gasteiger charge is -2.17. The van der Waals surface area contributed by atoms with Crippen molar-refractivity contribution in [2.24, 2.45) is 11.8 Å². The quantitative estimate of drug-likeness (QED) is 0.375. The molecule has 0 amide bonds. The molecule has 3 nitrogen and oxygen atoms in total. The van der Waals surface area contributed by atoms with E-state index in [1.54, 1.807) is 7.11 Å². The Morgan fingerprint density at radius 2 is 2.15 bits per heavy atom. The van der Waals surface area contributed by atoms with Crippen molar-refractivity contribution in [1.82, 2.24) is 5.43 Å². The smallest absolute Gasteiger partial charge is 0.0488 e. The summed E-state index contributed by atoms with van der Waals surface area (Å²) in [7, 11) is 1.72. The van der Waals surface area contributed by atoms with Crippen molar-refractivity contribution in [2.45, 2.75) is 33.2 Å². The molecule has 78 valence electrons. The first-order valence-electron chi connectivity index (χ1n) is 4.70. The molecule has 0 saturated carbocycles. The van der Waals surface area contributed by atoms with Crippen LogP contribution in [0.15, 0.2) is 11.6 Å². The number of methoxy groups -OCH3 is 1. The van der Waals surface area contributed by atoms with E-state index in [0.29, 0.717) is 5.92 Å². The van der Waals surface area contributed by atoms with Crippen LogP contribution < -0.4 is 11.3 Å². The van der Waals surface area contributed by atoms with Crippen molar-refractivity contribution in [2.75, 3.05) is 13.7 Å². The highest BCUT2D eigenvalue weighted by molar-refractivity contribution is 5.00. The van der Waals surface area contributed by atoms with Gasteiger partial charge in [0.25, 0.3) is 0 Å². The molecule has 2 atom stereocenters. The second-order valence-corrected chi connectivity index (χ2v) is 3.81. The Morgan fingerprint density at radius 3 is 2.54 bits per heavy atom. The maximum atomic E-state index is 5.43. The van der Waals surface area contributed by atoms with Gasteiger partial charge >= 0.3 is 0 Å². The molecule has 0 aromatic heterocycles. The number of allylic oxidation sites excluding steroid dienone is 1. The van der Waals surface area contributed by atoms with Gasteiger partial charge in [-0.25, -0.2) is 0 Å². The van der Waals surface area contributed by atoms with Crippen molar-refractivity contribution in [3.05, 3.63) is 11.6 Å². The van der Waals surface area contributed by atoms with E-state index < -0.39 is 0 Å². The zero-order valence-electron chi connectivity index (χ0n) is 9.13. The van der Waals surface area contributed by atoms with Crippen LogP contribution in [-0.2, 0) is 4.74 Å². The summed E-state index contributed by atoms with van der Waals surface area (Å²) in [6.45, 7) is 7.10. The van der Waals surface area contributed by atoms with Gasteiger partial charge < -0.3 is 4.74 Å². The highest BCUT2D eigenvalue weighted by Gasteiger charge is 2.08. The fourth-order valence-corrected chi connectivity index (χ4v) is 1.37. The first-order chi connectivity index (χ1) is 6.10. The van der Waals surface area contributed by atoms with Crippen LogP contribution in [0.1, 0.15) is 27.2 Å². The second-order valence-electron chi connectivity index (χ2n) is 3.81. The molecule has 0 aromatic rings. The van der Waals surface area contributed by atoms with Crippen molar-refractivity contribution in [3.63, 3.8) is 0 Å². The van der Waals surface area contributed by atoms with Crippen LogP contribution in [0.4, 0.5) is 0 Å². The topological polar surface area (TPSA) is 47.3 Å². The van der Waals surface area contributed by atoms with Gasteiger partial charge in [-0.05, 0) is 26.2 Å². The van der Waals surface area contributed by atoms with Gasteiger partial charge in [-0.15, -0.1) is 0 Å². The molecule has 0 aromatic carbocycles. The normalized spacial score (nSPS) is 15.2. The second kappa shape index (κ2) is 7.06. The van der Waals surface area contributed by atoms with Gasteiger partial charge in [0, 0.05) is 19.8 Å². The Balaban J connectivity index is 3.90. The fraction of sp³-hybridized carbons (Fsp3) is 0.800. The number of nitrogens with two attached hydrogens (primary N) is 1. The first-order valence-corrected chi connectivity index (χ1v) is 4.70. The minimum absolute atomic E-state index is 0.259. The lowest BCUT2D eigenvalue weighted by Crippen LogP contribution is -2.35. The number of ether oxygens (including phenoxy) is 1. The van der Waals surface area contributed by atoms with Gasteiger partial charge in [-0.2, -0.15) is 0 Å². The van der Waals surface area contributed by atoms with Crippen LogP contribution in [-0.4, -0.2) is 19.8 Å². The molecule has 0 aliphatic rings. The van der Waals surface area contributed by atoms with E-state index in [9.17, 15) is 0 Å². The van der Waals surface area contributed by atoms with Crippen LogP contribution in [0.25, 0.3) is 0 Å². The predicted octanol–water partition coefficient (Wildman–Crippen LogP) is 1.46. The lowest BCUT2D eigenvalue weighted by molar-refractivity contribution is 0.152. The van der Waals surface area contributed by atoms with E-state index in [1.807, 2.05) is 0 Å². The van der Waals surface area contributed by atoms with E-state index in [2.05, 4.69) is 32.3 Å². The van der Waals surface area contributed by atoms with E-state index in [1.165, 1.54) is 5.57 Å². The summed E-state index contributed by atoms with van der Waals surface area (Å²) in [5, 5.41) is 0. The summed E-state index contributed by atoms with van der Waals surface area (Å²) in [6, 6.07) is 0.259. The van der Waals surface area contributed by atoms with Gasteiger partial charge in [0.15, 0.2) is 0 Å². The molecule has 0 radical (unpaired) electrons. The Morgan fingerprint density at radius 1 is 1.54 bits per heavy atom. The SMILES string of the molecule is COCC(C)CC(C=C(C)C)NN. The lowest BCUT2D eigenvalue weighted by atomic mass is 10.0. The number of nitrogens with one attached hydrogen (secondary N) is 1. The van der Waals surface area contributed by atoms with E-state index >= 15 is 0 Å². The molecule has 0 rings (SSSR count). The zero-order chi connectivity index (χ0) is 10.3. The summed E-state index contributed by atoms with van der Waals surface area (Å²) in [5.74, 6) is 5.96. The highest BCUT2D eigenvalue weighted by Crippen LogP contribution is 2.08. The summed E-state index contributed by atoms with van der Waals surface area (Å²) in [4.78, 5) is 0. The van der Waals surface area contributed by atoms with Crippen molar-refractivity contribution in [3.8, 4) is 0 Å². The Labute approximate surface area is 81.3 Å². The predicted molar refractivity (Wildman–Crippen MR) is 56.2 cm³/mol. The van der Waals surface area contributed by atoms with Crippen molar-refractivity contribution < 1.29 is 4.74 Å². The van der Waals surface area contributed by atoms with Crippen molar-refractivity contribution >= 4 is 0 Å².